The molecule has 136 valence electrons. The fourth-order valence-electron chi connectivity index (χ4n) is 3.26. The van der Waals surface area contributed by atoms with Gasteiger partial charge in [-0.1, -0.05) is 24.3 Å². The fraction of sp³-hybridized carbons (Fsp3) is 0.150. The predicted molar refractivity (Wildman–Crippen MR) is 101 cm³/mol. The lowest BCUT2D eigenvalue weighted by Gasteiger charge is -2.28. The first-order valence-electron chi connectivity index (χ1n) is 8.54. The minimum atomic E-state index is -0.505. The molecule has 1 atom stereocenters. The summed E-state index contributed by atoms with van der Waals surface area (Å²) < 4.78 is 15.0. The molecule has 0 saturated carbocycles. The molecule has 7 heteroatoms. The Labute approximate surface area is 155 Å². The van der Waals surface area contributed by atoms with Crippen LogP contribution in [0.1, 0.15) is 24.1 Å². The van der Waals surface area contributed by atoms with Crippen molar-refractivity contribution in [3.8, 4) is 0 Å². The van der Waals surface area contributed by atoms with Crippen LogP contribution < -0.4 is 10.6 Å². The van der Waals surface area contributed by atoms with E-state index < -0.39 is 6.04 Å². The maximum Gasteiger partial charge on any atom is 0.255 e. The molecule has 0 aliphatic carbocycles. The van der Waals surface area contributed by atoms with Crippen molar-refractivity contribution in [1.82, 2.24) is 14.8 Å². The average Bonchev–Trinajstić information content (AvgIpc) is 3.09. The van der Waals surface area contributed by atoms with E-state index >= 15 is 0 Å². The second kappa shape index (κ2) is 6.68. The number of aryl methyl sites for hydroxylation is 1. The number of fused-ring (bicyclic) bond motifs is 1. The molecule has 1 unspecified atom stereocenters. The zero-order valence-electron chi connectivity index (χ0n) is 14.9. The molecular weight excluding hydrogens is 345 g/mol. The molecule has 4 rings (SSSR count). The van der Waals surface area contributed by atoms with Crippen LogP contribution in [0.2, 0.25) is 0 Å². The van der Waals surface area contributed by atoms with Gasteiger partial charge in [0.1, 0.15) is 18.2 Å². The zero-order chi connectivity index (χ0) is 19.0. The summed E-state index contributed by atoms with van der Waals surface area (Å²) in [5.41, 5.74) is 3.69. The SMILES string of the molecule is CC1=C(C(=O)Nc2cccc(C)c2)C(c2ccc(F)cc2)n2ncnc2N1. The number of allylic oxidation sites excluding steroid dienone is 1. The number of aromatic nitrogens is 3. The normalized spacial score (nSPS) is 15.9. The van der Waals surface area contributed by atoms with Gasteiger partial charge in [-0.3, -0.25) is 4.79 Å². The molecule has 0 saturated heterocycles. The highest BCUT2D eigenvalue weighted by Crippen LogP contribution is 2.35. The Kier molecular flexibility index (Phi) is 4.19. The maximum absolute atomic E-state index is 13.4. The smallest absolute Gasteiger partial charge is 0.255 e. The third-order valence-corrected chi connectivity index (χ3v) is 4.50. The third kappa shape index (κ3) is 3.19. The van der Waals surface area contributed by atoms with Crippen molar-refractivity contribution in [2.75, 3.05) is 10.6 Å². The minimum absolute atomic E-state index is 0.249. The standard InChI is InChI=1S/C20H18FN5O/c1-12-4-3-5-16(10-12)25-19(27)17-13(2)24-20-22-11-23-26(20)18(17)14-6-8-15(21)9-7-14/h3-11,18H,1-2H3,(H,25,27)(H,22,23,24). The molecule has 1 aromatic heterocycles. The van der Waals surface area contributed by atoms with Crippen molar-refractivity contribution >= 4 is 17.5 Å². The van der Waals surface area contributed by atoms with Crippen molar-refractivity contribution in [1.29, 1.82) is 0 Å². The highest BCUT2D eigenvalue weighted by Gasteiger charge is 2.33. The van der Waals surface area contributed by atoms with Gasteiger partial charge in [0.15, 0.2) is 0 Å². The molecule has 2 aromatic carbocycles. The first-order chi connectivity index (χ1) is 13.0. The molecule has 27 heavy (non-hydrogen) atoms. The summed E-state index contributed by atoms with van der Waals surface area (Å²) in [5, 5.41) is 10.3. The summed E-state index contributed by atoms with van der Waals surface area (Å²) in [4.78, 5) is 17.3. The van der Waals surface area contributed by atoms with E-state index in [4.69, 9.17) is 0 Å². The van der Waals surface area contributed by atoms with Crippen LogP contribution in [0.4, 0.5) is 16.0 Å². The Morgan fingerprint density at radius 2 is 1.96 bits per heavy atom. The van der Waals surface area contributed by atoms with Crippen molar-refractivity contribution < 1.29 is 9.18 Å². The molecule has 1 aliphatic heterocycles. The highest BCUT2D eigenvalue weighted by atomic mass is 19.1. The first-order valence-corrected chi connectivity index (χ1v) is 8.54. The number of nitrogens with one attached hydrogen (secondary N) is 2. The predicted octanol–water partition coefficient (Wildman–Crippen LogP) is 3.65. The van der Waals surface area contributed by atoms with Gasteiger partial charge in [0.05, 0.1) is 5.57 Å². The molecular formula is C20H18FN5O. The Balaban J connectivity index is 1.76. The van der Waals surface area contributed by atoms with Crippen LogP contribution in [0.5, 0.6) is 0 Å². The van der Waals surface area contributed by atoms with Gasteiger partial charge in [-0.15, -0.1) is 0 Å². The van der Waals surface area contributed by atoms with Gasteiger partial charge in [0, 0.05) is 11.4 Å². The van der Waals surface area contributed by atoms with Gasteiger partial charge in [-0.25, -0.2) is 9.07 Å². The topological polar surface area (TPSA) is 71.8 Å². The number of carbonyl (C=O) groups excluding carboxylic acids is 1. The van der Waals surface area contributed by atoms with Gasteiger partial charge in [-0.05, 0) is 49.2 Å². The lowest BCUT2D eigenvalue weighted by atomic mass is 9.95. The number of nitrogens with zero attached hydrogens (tertiary/aromatic N) is 3. The minimum Gasteiger partial charge on any atom is -0.328 e. The third-order valence-electron chi connectivity index (χ3n) is 4.50. The monoisotopic (exact) mass is 363 g/mol. The van der Waals surface area contributed by atoms with Crippen LogP contribution >= 0.6 is 0 Å². The fourth-order valence-corrected chi connectivity index (χ4v) is 3.26. The molecule has 1 aliphatic rings. The largest absolute Gasteiger partial charge is 0.328 e. The summed E-state index contributed by atoms with van der Waals surface area (Å²) in [5.74, 6) is -0.0482. The van der Waals surface area contributed by atoms with E-state index in [1.54, 1.807) is 16.8 Å². The van der Waals surface area contributed by atoms with Crippen LogP contribution in [-0.2, 0) is 4.79 Å². The van der Waals surface area contributed by atoms with E-state index in [9.17, 15) is 9.18 Å². The molecule has 2 heterocycles. The quantitative estimate of drug-likeness (QED) is 0.745. The maximum atomic E-state index is 13.4. The Morgan fingerprint density at radius 3 is 2.70 bits per heavy atom. The summed E-state index contributed by atoms with van der Waals surface area (Å²) in [6.45, 7) is 3.78. The van der Waals surface area contributed by atoms with Crippen LogP contribution in [-0.4, -0.2) is 20.7 Å². The van der Waals surface area contributed by atoms with Gasteiger partial charge >= 0.3 is 0 Å². The number of benzene rings is 2. The number of hydrogen-bond donors (Lipinski definition) is 2. The van der Waals surface area contributed by atoms with E-state index in [0.29, 0.717) is 22.9 Å². The lowest BCUT2D eigenvalue weighted by Crippen LogP contribution is -2.31. The molecule has 6 nitrogen and oxygen atoms in total. The second-order valence-electron chi connectivity index (χ2n) is 6.47. The average molecular weight is 363 g/mol. The number of hydrogen-bond acceptors (Lipinski definition) is 4. The van der Waals surface area contributed by atoms with Crippen LogP contribution in [0.3, 0.4) is 0 Å². The van der Waals surface area contributed by atoms with Gasteiger partial charge in [0.25, 0.3) is 5.91 Å². The second-order valence-corrected chi connectivity index (χ2v) is 6.47. The van der Waals surface area contributed by atoms with Crippen molar-refractivity contribution in [2.45, 2.75) is 19.9 Å². The van der Waals surface area contributed by atoms with Gasteiger partial charge in [-0.2, -0.15) is 10.1 Å². The summed E-state index contributed by atoms with van der Waals surface area (Å²) >= 11 is 0. The number of carbonyl (C=O) groups is 1. The lowest BCUT2D eigenvalue weighted by molar-refractivity contribution is -0.113. The number of anilines is 2. The Hall–Kier alpha value is -3.48. The molecule has 0 spiro atoms. The molecule has 0 fully saturated rings. The first kappa shape index (κ1) is 17.0. The number of rotatable bonds is 3. The van der Waals surface area contributed by atoms with Crippen molar-refractivity contribution in [3.05, 3.63) is 83.1 Å². The molecule has 2 N–H and O–H groups in total. The molecule has 0 bridgehead atoms. The summed E-state index contributed by atoms with van der Waals surface area (Å²) in [6.07, 6.45) is 1.42. The van der Waals surface area contributed by atoms with Crippen LogP contribution in [0, 0.1) is 12.7 Å². The van der Waals surface area contributed by atoms with E-state index in [2.05, 4.69) is 20.7 Å². The van der Waals surface area contributed by atoms with E-state index in [-0.39, 0.29) is 11.7 Å². The van der Waals surface area contributed by atoms with Crippen molar-refractivity contribution in [2.24, 2.45) is 0 Å². The Bertz CT molecular complexity index is 1040. The summed E-state index contributed by atoms with van der Waals surface area (Å²) in [6, 6.07) is 13.1. The number of halogens is 1. The van der Waals surface area contributed by atoms with Gasteiger partial charge in [0.2, 0.25) is 5.95 Å². The van der Waals surface area contributed by atoms with E-state index in [1.807, 2.05) is 38.1 Å². The van der Waals surface area contributed by atoms with Crippen LogP contribution in [0.25, 0.3) is 0 Å². The van der Waals surface area contributed by atoms with Gasteiger partial charge < -0.3 is 10.6 Å². The Morgan fingerprint density at radius 1 is 1.19 bits per heavy atom. The molecule has 0 radical (unpaired) electrons. The van der Waals surface area contributed by atoms with E-state index in [0.717, 1.165) is 11.1 Å². The van der Waals surface area contributed by atoms with Crippen molar-refractivity contribution in [3.63, 3.8) is 0 Å². The molecule has 1 amide bonds. The van der Waals surface area contributed by atoms with Crippen LogP contribution in [0.15, 0.2) is 66.1 Å². The summed E-state index contributed by atoms with van der Waals surface area (Å²) in [7, 11) is 0. The highest BCUT2D eigenvalue weighted by molar-refractivity contribution is 6.06. The van der Waals surface area contributed by atoms with E-state index in [1.165, 1.54) is 18.5 Å². The molecule has 3 aromatic rings. The zero-order valence-corrected chi connectivity index (χ0v) is 14.9. The number of amides is 1.